The first kappa shape index (κ1) is 10.6. The monoisotopic (exact) mass is 214 g/mol. The zero-order valence-electron chi connectivity index (χ0n) is 9.18. The molecule has 0 spiro atoms. The Balaban J connectivity index is 2.26. The molecule has 0 bridgehead atoms. The molecule has 0 atom stereocenters. The van der Waals surface area contributed by atoms with Crippen LogP contribution in [0, 0.1) is 6.92 Å². The minimum atomic E-state index is 0.460. The van der Waals surface area contributed by atoms with E-state index in [2.05, 4.69) is 4.98 Å². The van der Waals surface area contributed by atoms with Gasteiger partial charge in [-0.3, -0.25) is 0 Å². The molecule has 0 fully saturated rings. The van der Waals surface area contributed by atoms with Crippen LogP contribution in [0.5, 0.6) is 11.6 Å². The van der Waals surface area contributed by atoms with Crippen molar-refractivity contribution < 1.29 is 4.74 Å². The van der Waals surface area contributed by atoms with Crippen LogP contribution >= 0.6 is 0 Å². The van der Waals surface area contributed by atoms with Crippen LogP contribution in [0.2, 0.25) is 0 Å². The SMILES string of the molecule is Cc1ccnc(Oc2ccccc2CN)c1. The first-order valence-electron chi connectivity index (χ1n) is 5.18. The van der Waals surface area contributed by atoms with Crippen LogP contribution in [0.25, 0.3) is 0 Å². The maximum atomic E-state index is 5.69. The fourth-order valence-electron chi connectivity index (χ4n) is 1.45. The maximum absolute atomic E-state index is 5.69. The van der Waals surface area contributed by atoms with Gasteiger partial charge in [0, 0.05) is 24.4 Å². The van der Waals surface area contributed by atoms with Crippen molar-refractivity contribution in [3.8, 4) is 11.6 Å². The Morgan fingerprint density at radius 3 is 2.81 bits per heavy atom. The van der Waals surface area contributed by atoms with Gasteiger partial charge < -0.3 is 10.5 Å². The summed E-state index contributed by atoms with van der Waals surface area (Å²) in [4.78, 5) is 4.15. The third kappa shape index (κ3) is 2.38. The van der Waals surface area contributed by atoms with Gasteiger partial charge in [0.2, 0.25) is 5.88 Å². The van der Waals surface area contributed by atoms with E-state index >= 15 is 0 Å². The topological polar surface area (TPSA) is 48.1 Å². The molecule has 3 nitrogen and oxygen atoms in total. The van der Waals surface area contributed by atoms with E-state index in [1.807, 2.05) is 43.3 Å². The Hall–Kier alpha value is -1.87. The van der Waals surface area contributed by atoms with E-state index in [1.165, 1.54) is 0 Å². The molecule has 2 N–H and O–H groups in total. The van der Waals surface area contributed by atoms with Gasteiger partial charge in [0.25, 0.3) is 0 Å². The van der Waals surface area contributed by atoms with Crippen molar-refractivity contribution in [3.63, 3.8) is 0 Å². The number of nitrogens with two attached hydrogens (primary N) is 1. The minimum absolute atomic E-state index is 0.460. The highest BCUT2D eigenvalue weighted by Crippen LogP contribution is 2.23. The van der Waals surface area contributed by atoms with Crippen molar-refractivity contribution in [3.05, 3.63) is 53.7 Å². The summed E-state index contributed by atoms with van der Waals surface area (Å²) in [6.45, 7) is 2.46. The van der Waals surface area contributed by atoms with E-state index in [1.54, 1.807) is 6.20 Å². The Morgan fingerprint density at radius 2 is 2.06 bits per heavy atom. The van der Waals surface area contributed by atoms with E-state index in [-0.39, 0.29) is 0 Å². The van der Waals surface area contributed by atoms with Crippen LogP contribution < -0.4 is 10.5 Å². The number of benzene rings is 1. The van der Waals surface area contributed by atoms with E-state index in [4.69, 9.17) is 10.5 Å². The van der Waals surface area contributed by atoms with Crippen molar-refractivity contribution in [1.82, 2.24) is 4.98 Å². The van der Waals surface area contributed by atoms with Crippen molar-refractivity contribution >= 4 is 0 Å². The summed E-state index contributed by atoms with van der Waals surface area (Å²) in [6, 6.07) is 11.5. The van der Waals surface area contributed by atoms with Crippen LogP contribution in [0.3, 0.4) is 0 Å². The second kappa shape index (κ2) is 4.77. The summed E-state index contributed by atoms with van der Waals surface area (Å²) in [7, 11) is 0. The van der Waals surface area contributed by atoms with Gasteiger partial charge in [-0.05, 0) is 24.6 Å². The molecule has 2 rings (SSSR count). The molecule has 1 heterocycles. The van der Waals surface area contributed by atoms with Gasteiger partial charge in [-0.15, -0.1) is 0 Å². The molecule has 82 valence electrons. The first-order valence-corrected chi connectivity index (χ1v) is 5.18. The molecule has 0 saturated heterocycles. The number of hydrogen-bond donors (Lipinski definition) is 1. The number of hydrogen-bond acceptors (Lipinski definition) is 3. The summed E-state index contributed by atoms with van der Waals surface area (Å²) < 4.78 is 5.69. The molecule has 16 heavy (non-hydrogen) atoms. The molecular formula is C13H14N2O. The largest absolute Gasteiger partial charge is 0.439 e. The zero-order valence-corrected chi connectivity index (χ0v) is 9.18. The maximum Gasteiger partial charge on any atom is 0.219 e. The quantitative estimate of drug-likeness (QED) is 0.854. The summed E-state index contributed by atoms with van der Waals surface area (Å²) in [5, 5.41) is 0. The van der Waals surface area contributed by atoms with Gasteiger partial charge in [-0.25, -0.2) is 4.98 Å². The molecule has 0 amide bonds. The Bertz CT molecular complexity index is 483. The molecule has 0 saturated carbocycles. The number of aromatic nitrogens is 1. The molecule has 0 aliphatic heterocycles. The normalized spacial score (nSPS) is 10.1. The molecule has 0 aliphatic carbocycles. The summed E-state index contributed by atoms with van der Waals surface area (Å²) >= 11 is 0. The zero-order chi connectivity index (χ0) is 11.4. The third-order valence-electron chi connectivity index (χ3n) is 2.30. The summed E-state index contributed by atoms with van der Waals surface area (Å²) in [5.74, 6) is 1.36. The molecular weight excluding hydrogens is 200 g/mol. The highest BCUT2D eigenvalue weighted by atomic mass is 16.5. The Morgan fingerprint density at radius 1 is 1.25 bits per heavy atom. The lowest BCUT2D eigenvalue weighted by atomic mass is 10.2. The standard InChI is InChI=1S/C13H14N2O/c1-10-6-7-15-13(8-10)16-12-5-3-2-4-11(12)9-14/h2-8H,9,14H2,1H3. The highest BCUT2D eigenvalue weighted by Gasteiger charge is 2.03. The summed E-state index contributed by atoms with van der Waals surface area (Å²) in [5.41, 5.74) is 7.73. The highest BCUT2D eigenvalue weighted by molar-refractivity contribution is 5.36. The van der Waals surface area contributed by atoms with E-state index in [0.717, 1.165) is 16.9 Å². The van der Waals surface area contributed by atoms with Gasteiger partial charge in [-0.2, -0.15) is 0 Å². The van der Waals surface area contributed by atoms with Crippen LogP contribution in [-0.4, -0.2) is 4.98 Å². The molecule has 3 heteroatoms. The summed E-state index contributed by atoms with van der Waals surface area (Å²) in [6.07, 6.45) is 1.73. The average molecular weight is 214 g/mol. The Kier molecular flexibility index (Phi) is 3.17. The van der Waals surface area contributed by atoms with Crippen molar-refractivity contribution in [2.24, 2.45) is 5.73 Å². The second-order valence-corrected chi connectivity index (χ2v) is 3.59. The van der Waals surface area contributed by atoms with E-state index < -0.39 is 0 Å². The lowest BCUT2D eigenvalue weighted by Crippen LogP contribution is -1.99. The lowest BCUT2D eigenvalue weighted by Gasteiger charge is -2.08. The number of pyridine rings is 1. The smallest absolute Gasteiger partial charge is 0.219 e. The van der Waals surface area contributed by atoms with Crippen molar-refractivity contribution in [2.75, 3.05) is 0 Å². The third-order valence-corrected chi connectivity index (χ3v) is 2.30. The van der Waals surface area contributed by atoms with Gasteiger partial charge in [-0.1, -0.05) is 18.2 Å². The van der Waals surface area contributed by atoms with Gasteiger partial charge in [0.05, 0.1) is 0 Å². The number of para-hydroxylation sites is 1. The van der Waals surface area contributed by atoms with Crippen molar-refractivity contribution in [1.29, 1.82) is 0 Å². The lowest BCUT2D eigenvalue weighted by molar-refractivity contribution is 0.457. The molecule has 0 aliphatic rings. The van der Waals surface area contributed by atoms with Gasteiger partial charge in [0.1, 0.15) is 5.75 Å². The number of nitrogens with zero attached hydrogens (tertiary/aromatic N) is 1. The predicted octanol–water partition coefficient (Wildman–Crippen LogP) is 2.64. The minimum Gasteiger partial charge on any atom is -0.439 e. The first-order chi connectivity index (χ1) is 7.79. The van der Waals surface area contributed by atoms with Crippen LogP contribution in [0.4, 0.5) is 0 Å². The number of aryl methyl sites for hydroxylation is 1. The molecule has 0 radical (unpaired) electrons. The predicted molar refractivity (Wildman–Crippen MR) is 63.4 cm³/mol. The number of rotatable bonds is 3. The molecule has 1 aromatic heterocycles. The van der Waals surface area contributed by atoms with Crippen LogP contribution in [0.1, 0.15) is 11.1 Å². The van der Waals surface area contributed by atoms with Gasteiger partial charge in [0.15, 0.2) is 0 Å². The Labute approximate surface area is 94.9 Å². The van der Waals surface area contributed by atoms with Crippen LogP contribution in [-0.2, 0) is 6.54 Å². The fourth-order valence-corrected chi connectivity index (χ4v) is 1.45. The molecule has 1 aromatic carbocycles. The molecule has 0 unspecified atom stereocenters. The van der Waals surface area contributed by atoms with Crippen molar-refractivity contribution in [2.45, 2.75) is 13.5 Å². The fraction of sp³-hybridized carbons (Fsp3) is 0.154. The van der Waals surface area contributed by atoms with E-state index in [0.29, 0.717) is 12.4 Å². The number of ether oxygens (including phenoxy) is 1. The second-order valence-electron chi connectivity index (χ2n) is 3.59. The van der Waals surface area contributed by atoms with Gasteiger partial charge >= 0.3 is 0 Å². The van der Waals surface area contributed by atoms with Crippen LogP contribution in [0.15, 0.2) is 42.6 Å². The van der Waals surface area contributed by atoms with E-state index in [9.17, 15) is 0 Å². The average Bonchev–Trinajstić information content (AvgIpc) is 2.30. The molecule has 2 aromatic rings.